The normalized spacial score (nSPS) is 18.2. The fourth-order valence-electron chi connectivity index (χ4n) is 3.95. The maximum atomic E-state index is 13.0. The minimum absolute atomic E-state index is 0.0604. The summed E-state index contributed by atoms with van der Waals surface area (Å²) in [7, 11) is 0. The van der Waals surface area contributed by atoms with Crippen LogP contribution >= 0.6 is 0 Å². The van der Waals surface area contributed by atoms with E-state index in [0.717, 1.165) is 60.7 Å². The summed E-state index contributed by atoms with van der Waals surface area (Å²) in [6.45, 7) is 7.27. The molecule has 5 nitrogen and oxygen atoms in total. The van der Waals surface area contributed by atoms with Gasteiger partial charge in [-0.1, -0.05) is 30.3 Å². The van der Waals surface area contributed by atoms with Crippen LogP contribution in [0.3, 0.4) is 0 Å². The van der Waals surface area contributed by atoms with Gasteiger partial charge in [-0.2, -0.15) is 0 Å². The third-order valence-corrected chi connectivity index (χ3v) is 5.45. The van der Waals surface area contributed by atoms with E-state index in [1.165, 1.54) is 0 Å². The van der Waals surface area contributed by atoms with Gasteiger partial charge in [-0.05, 0) is 43.7 Å². The van der Waals surface area contributed by atoms with E-state index in [2.05, 4.69) is 29.2 Å². The molecular weight excluding hydrogens is 350 g/mol. The van der Waals surface area contributed by atoms with Crippen molar-refractivity contribution in [2.45, 2.75) is 19.9 Å². The maximum absolute atomic E-state index is 13.0. The molecule has 0 saturated carbocycles. The average Bonchev–Trinajstić information content (AvgIpc) is 3.00. The summed E-state index contributed by atoms with van der Waals surface area (Å²) in [6.07, 6.45) is 2.90. The van der Waals surface area contributed by atoms with Gasteiger partial charge in [-0.15, -0.1) is 0 Å². The van der Waals surface area contributed by atoms with E-state index >= 15 is 0 Å². The predicted octanol–water partition coefficient (Wildman–Crippen LogP) is 3.26. The first-order chi connectivity index (χ1) is 13.6. The van der Waals surface area contributed by atoms with Crippen LogP contribution in [-0.2, 0) is 9.59 Å². The monoisotopic (exact) mass is 375 g/mol. The zero-order valence-corrected chi connectivity index (χ0v) is 16.3. The number of benzene rings is 2. The van der Waals surface area contributed by atoms with Gasteiger partial charge in [0.25, 0.3) is 5.91 Å². The highest BCUT2D eigenvalue weighted by Crippen LogP contribution is 2.38. The van der Waals surface area contributed by atoms with Gasteiger partial charge in [0, 0.05) is 49.0 Å². The van der Waals surface area contributed by atoms with Crippen molar-refractivity contribution in [1.29, 1.82) is 0 Å². The summed E-state index contributed by atoms with van der Waals surface area (Å²) < 4.78 is 0. The fraction of sp³-hybridized carbons (Fsp3) is 0.304. The summed E-state index contributed by atoms with van der Waals surface area (Å²) in [5, 5.41) is 0. The number of carbonyl (C=O) groups is 2. The maximum Gasteiger partial charge on any atom is 0.259 e. The van der Waals surface area contributed by atoms with E-state index in [4.69, 9.17) is 0 Å². The lowest BCUT2D eigenvalue weighted by Crippen LogP contribution is -2.45. The number of fused-ring (bicyclic) bond motifs is 1. The second-order valence-corrected chi connectivity index (χ2v) is 7.56. The molecule has 144 valence electrons. The van der Waals surface area contributed by atoms with Crippen molar-refractivity contribution < 1.29 is 9.59 Å². The number of rotatable bonds is 4. The lowest BCUT2D eigenvalue weighted by Gasteiger charge is -2.34. The summed E-state index contributed by atoms with van der Waals surface area (Å²) >= 11 is 0. The number of amides is 2. The largest absolute Gasteiger partial charge is 0.368 e. The summed E-state index contributed by atoms with van der Waals surface area (Å²) in [5.74, 6) is 0.0604. The smallest absolute Gasteiger partial charge is 0.259 e. The number of para-hydroxylation sites is 1. The molecule has 4 rings (SSSR count). The zero-order valence-electron chi connectivity index (χ0n) is 16.3. The molecule has 28 heavy (non-hydrogen) atoms. The molecule has 2 amide bonds. The molecule has 1 saturated heterocycles. The molecule has 0 spiro atoms. The zero-order chi connectivity index (χ0) is 19.7. The minimum Gasteiger partial charge on any atom is -0.368 e. The summed E-state index contributed by atoms with van der Waals surface area (Å²) in [6, 6.07) is 16.4. The molecule has 0 unspecified atom stereocenters. The Labute approximate surface area is 165 Å². The lowest BCUT2D eigenvalue weighted by molar-refractivity contribution is -0.118. The van der Waals surface area contributed by atoms with Crippen LogP contribution in [0.2, 0.25) is 0 Å². The predicted molar refractivity (Wildman–Crippen MR) is 113 cm³/mol. The standard InChI is InChI=1S/C23H25N3O2/c1-17(2)26-22-6-4-3-5-20(22)21(23(26)28)15-18-7-9-19(10-8-18)25-13-11-24(16-27)12-14-25/h3-10,15-17H,11-14H2,1-2H3/b21-15-. The summed E-state index contributed by atoms with van der Waals surface area (Å²) in [4.78, 5) is 29.8. The van der Waals surface area contributed by atoms with Crippen molar-refractivity contribution in [3.8, 4) is 0 Å². The molecule has 5 heteroatoms. The van der Waals surface area contributed by atoms with Crippen molar-refractivity contribution in [1.82, 2.24) is 4.90 Å². The van der Waals surface area contributed by atoms with Crippen molar-refractivity contribution in [2.24, 2.45) is 0 Å². The van der Waals surface area contributed by atoms with Crippen LogP contribution in [0.5, 0.6) is 0 Å². The Kier molecular flexibility index (Phi) is 4.90. The first kappa shape index (κ1) is 18.3. The number of carbonyl (C=O) groups excluding carboxylic acids is 2. The van der Waals surface area contributed by atoms with Crippen LogP contribution in [0.15, 0.2) is 48.5 Å². The fourth-order valence-corrected chi connectivity index (χ4v) is 3.95. The van der Waals surface area contributed by atoms with E-state index in [1.807, 2.05) is 49.1 Å². The quantitative estimate of drug-likeness (QED) is 0.609. The van der Waals surface area contributed by atoms with Gasteiger partial charge in [0.2, 0.25) is 6.41 Å². The van der Waals surface area contributed by atoms with Crippen molar-refractivity contribution in [3.63, 3.8) is 0 Å². The second kappa shape index (κ2) is 7.50. The van der Waals surface area contributed by atoms with E-state index in [1.54, 1.807) is 4.90 Å². The van der Waals surface area contributed by atoms with E-state index in [-0.39, 0.29) is 11.9 Å². The topological polar surface area (TPSA) is 43.9 Å². The summed E-state index contributed by atoms with van der Waals surface area (Å²) in [5.41, 5.74) is 4.89. The van der Waals surface area contributed by atoms with Gasteiger partial charge < -0.3 is 14.7 Å². The second-order valence-electron chi connectivity index (χ2n) is 7.56. The van der Waals surface area contributed by atoms with E-state index in [9.17, 15) is 9.59 Å². The average molecular weight is 375 g/mol. The minimum atomic E-state index is 0.0604. The highest BCUT2D eigenvalue weighted by molar-refractivity contribution is 6.36. The Morgan fingerprint density at radius 3 is 2.25 bits per heavy atom. The van der Waals surface area contributed by atoms with Gasteiger partial charge in [-0.25, -0.2) is 0 Å². The molecule has 0 bridgehead atoms. The van der Waals surface area contributed by atoms with Gasteiger partial charge in [0.15, 0.2) is 0 Å². The molecular formula is C23H25N3O2. The number of nitrogens with zero attached hydrogens (tertiary/aromatic N) is 3. The van der Waals surface area contributed by atoms with Gasteiger partial charge in [0.1, 0.15) is 0 Å². The number of anilines is 2. The number of hydrogen-bond acceptors (Lipinski definition) is 3. The molecule has 2 aromatic rings. The Hall–Kier alpha value is -3.08. The van der Waals surface area contributed by atoms with Gasteiger partial charge in [0.05, 0.1) is 5.69 Å². The highest BCUT2D eigenvalue weighted by atomic mass is 16.2. The van der Waals surface area contributed by atoms with Crippen LogP contribution in [0.4, 0.5) is 11.4 Å². The van der Waals surface area contributed by atoms with Crippen molar-refractivity contribution in [3.05, 3.63) is 59.7 Å². The SMILES string of the molecule is CC(C)N1C(=O)/C(=C\c2ccc(N3CCN(C=O)CC3)cc2)c2ccccc21. The molecule has 2 heterocycles. The highest BCUT2D eigenvalue weighted by Gasteiger charge is 2.33. The Balaban J connectivity index is 1.58. The van der Waals surface area contributed by atoms with Crippen LogP contribution in [-0.4, -0.2) is 49.4 Å². The van der Waals surface area contributed by atoms with Crippen LogP contribution in [0.25, 0.3) is 11.6 Å². The van der Waals surface area contributed by atoms with Crippen LogP contribution in [0, 0.1) is 0 Å². The van der Waals surface area contributed by atoms with Crippen LogP contribution < -0.4 is 9.80 Å². The molecule has 2 aliphatic rings. The molecule has 0 N–H and O–H groups in total. The lowest BCUT2D eigenvalue weighted by atomic mass is 10.0. The molecule has 1 fully saturated rings. The molecule has 2 aliphatic heterocycles. The van der Waals surface area contributed by atoms with Gasteiger partial charge in [-0.3, -0.25) is 9.59 Å². The van der Waals surface area contributed by atoms with E-state index in [0.29, 0.717) is 0 Å². The molecule has 0 radical (unpaired) electrons. The molecule has 0 aliphatic carbocycles. The Morgan fingerprint density at radius 1 is 0.929 bits per heavy atom. The Bertz CT molecular complexity index is 910. The van der Waals surface area contributed by atoms with E-state index < -0.39 is 0 Å². The molecule has 2 aromatic carbocycles. The number of hydrogen-bond donors (Lipinski definition) is 0. The third kappa shape index (κ3) is 3.28. The van der Waals surface area contributed by atoms with Crippen molar-refractivity contribution >= 4 is 35.3 Å². The Morgan fingerprint density at radius 2 is 1.61 bits per heavy atom. The number of piperazine rings is 1. The third-order valence-electron chi connectivity index (χ3n) is 5.45. The first-order valence-corrected chi connectivity index (χ1v) is 9.77. The molecule has 0 aromatic heterocycles. The van der Waals surface area contributed by atoms with Gasteiger partial charge >= 0.3 is 0 Å². The molecule has 0 atom stereocenters. The van der Waals surface area contributed by atoms with Crippen LogP contribution in [0.1, 0.15) is 25.0 Å². The van der Waals surface area contributed by atoms with Crippen molar-refractivity contribution in [2.75, 3.05) is 36.0 Å². The first-order valence-electron chi connectivity index (χ1n) is 9.77.